The topological polar surface area (TPSA) is 118 Å². The normalized spacial score (nSPS) is 10.8. The molecule has 0 unspecified atom stereocenters. The van der Waals surface area contributed by atoms with Crippen LogP contribution in [0.15, 0.2) is 164 Å². The molecular weight excluding hydrogens is 644 g/mol. The van der Waals surface area contributed by atoms with Gasteiger partial charge in [0.25, 0.3) is 0 Å². The number of aromatic hydroxyl groups is 4. The number of hydrogen-bond donors (Lipinski definition) is 4. The van der Waals surface area contributed by atoms with E-state index >= 15 is 0 Å². The van der Waals surface area contributed by atoms with E-state index in [1.165, 1.54) is 0 Å². The molecule has 0 saturated heterocycles. The summed E-state index contributed by atoms with van der Waals surface area (Å²) in [5, 5.41) is 39.4. The summed E-state index contributed by atoms with van der Waals surface area (Å²) in [5.74, 6) is 4.10. The van der Waals surface area contributed by atoms with Gasteiger partial charge in [0.15, 0.2) is 0 Å². The highest BCUT2D eigenvalue weighted by Crippen LogP contribution is 2.46. The van der Waals surface area contributed by atoms with Crippen LogP contribution in [-0.2, 0) is 0 Å². The molecule has 8 heteroatoms. The van der Waals surface area contributed by atoms with Gasteiger partial charge in [0.2, 0.25) is 0 Å². The van der Waals surface area contributed by atoms with Gasteiger partial charge in [0.1, 0.15) is 69.0 Å². The number of phenols is 4. The Morgan fingerprint density at radius 1 is 0.314 bits per heavy atom. The summed E-state index contributed by atoms with van der Waals surface area (Å²) in [7, 11) is 0. The fourth-order valence-electron chi connectivity index (χ4n) is 5.57. The Balaban J connectivity index is 1.37. The maximum atomic E-state index is 9.94. The van der Waals surface area contributed by atoms with Crippen LogP contribution in [0.5, 0.6) is 69.0 Å². The summed E-state index contributed by atoms with van der Waals surface area (Å²) in [4.78, 5) is 0. The van der Waals surface area contributed by atoms with Crippen LogP contribution < -0.4 is 18.9 Å². The molecular formula is C43H32O8. The van der Waals surface area contributed by atoms with Gasteiger partial charge in [-0.15, -0.1) is 0 Å². The lowest BCUT2D eigenvalue weighted by molar-refractivity contribution is 0.444. The molecule has 252 valence electrons. The van der Waals surface area contributed by atoms with Crippen LogP contribution in [0.3, 0.4) is 0 Å². The summed E-state index contributed by atoms with van der Waals surface area (Å²) in [5.41, 5.74) is 2.52. The van der Waals surface area contributed by atoms with Crippen LogP contribution in [0.2, 0.25) is 0 Å². The molecule has 4 N–H and O–H groups in total. The molecule has 0 amide bonds. The smallest absolute Gasteiger partial charge is 0.135 e. The van der Waals surface area contributed by atoms with Crippen molar-refractivity contribution < 1.29 is 39.4 Å². The first-order chi connectivity index (χ1) is 24.9. The van der Waals surface area contributed by atoms with Crippen molar-refractivity contribution in [2.45, 2.75) is 5.92 Å². The van der Waals surface area contributed by atoms with Crippen molar-refractivity contribution in [3.63, 3.8) is 0 Å². The first-order valence-electron chi connectivity index (χ1n) is 16.1. The van der Waals surface area contributed by atoms with Gasteiger partial charge in [0, 0.05) is 29.2 Å². The van der Waals surface area contributed by atoms with Crippen molar-refractivity contribution in [1.29, 1.82) is 0 Å². The van der Waals surface area contributed by atoms with E-state index in [2.05, 4.69) is 0 Å². The van der Waals surface area contributed by atoms with Crippen molar-refractivity contribution in [2.24, 2.45) is 0 Å². The van der Waals surface area contributed by atoms with Gasteiger partial charge in [-0.2, -0.15) is 0 Å². The quantitative estimate of drug-likeness (QED) is 0.100. The van der Waals surface area contributed by atoms with Gasteiger partial charge in [0.05, 0.1) is 0 Å². The monoisotopic (exact) mass is 676 g/mol. The second-order valence-electron chi connectivity index (χ2n) is 11.6. The first kappa shape index (κ1) is 32.5. The minimum atomic E-state index is -0.434. The van der Waals surface area contributed by atoms with Gasteiger partial charge in [-0.3, -0.25) is 0 Å². The van der Waals surface area contributed by atoms with Gasteiger partial charge in [-0.1, -0.05) is 42.5 Å². The van der Waals surface area contributed by atoms with E-state index in [4.69, 9.17) is 18.9 Å². The largest absolute Gasteiger partial charge is 0.508 e. The molecule has 0 bridgehead atoms. The number of benzene rings is 7. The molecule has 0 aliphatic carbocycles. The second-order valence-corrected chi connectivity index (χ2v) is 11.6. The number of phenolic OH excluding ortho intramolecular Hbond substituents is 4. The Kier molecular flexibility index (Phi) is 9.30. The fraction of sp³-hybridized carbons (Fsp3) is 0.0233. The molecule has 0 aliphatic heterocycles. The maximum Gasteiger partial charge on any atom is 0.135 e. The summed E-state index contributed by atoms with van der Waals surface area (Å²) in [6.45, 7) is 0. The molecule has 0 fully saturated rings. The number of rotatable bonds is 11. The molecule has 0 saturated carbocycles. The van der Waals surface area contributed by atoms with Crippen LogP contribution in [0, 0.1) is 0 Å². The first-order valence-corrected chi connectivity index (χ1v) is 16.1. The van der Waals surface area contributed by atoms with Crippen LogP contribution in [0.4, 0.5) is 0 Å². The molecule has 0 atom stereocenters. The number of hydrogen-bond acceptors (Lipinski definition) is 8. The van der Waals surface area contributed by atoms with Crippen molar-refractivity contribution in [3.05, 3.63) is 180 Å². The lowest BCUT2D eigenvalue weighted by atomic mass is 9.84. The van der Waals surface area contributed by atoms with Crippen molar-refractivity contribution in [3.8, 4) is 69.0 Å². The van der Waals surface area contributed by atoms with E-state index in [-0.39, 0.29) is 23.0 Å². The Morgan fingerprint density at radius 3 is 0.980 bits per heavy atom. The Hall–Kier alpha value is -7.06. The van der Waals surface area contributed by atoms with Crippen molar-refractivity contribution >= 4 is 0 Å². The third-order valence-corrected chi connectivity index (χ3v) is 8.00. The summed E-state index contributed by atoms with van der Waals surface area (Å²) in [6.07, 6.45) is 0. The minimum absolute atomic E-state index is 0.111. The summed E-state index contributed by atoms with van der Waals surface area (Å²) in [6, 6.07) is 46.9. The highest BCUT2D eigenvalue weighted by molar-refractivity contribution is 5.58. The Morgan fingerprint density at radius 2 is 0.627 bits per heavy atom. The average Bonchev–Trinajstić information content (AvgIpc) is 3.14. The van der Waals surface area contributed by atoms with Gasteiger partial charge < -0.3 is 39.4 Å². The Labute approximate surface area is 294 Å². The van der Waals surface area contributed by atoms with E-state index in [0.29, 0.717) is 46.0 Å². The van der Waals surface area contributed by atoms with E-state index in [9.17, 15) is 20.4 Å². The molecule has 8 nitrogen and oxygen atoms in total. The van der Waals surface area contributed by atoms with E-state index in [0.717, 1.165) is 16.7 Å². The van der Waals surface area contributed by atoms with Crippen LogP contribution in [0.1, 0.15) is 22.6 Å². The van der Waals surface area contributed by atoms with Crippen LogP contribution in [0.25, 0.3) is 0 Å². The van der Waals surface area contributed by atoms with Gasteiger partial charge >= 0.3 is 0 Å². The van der Waals surface area contributed by atoms with Crippen molar-refractivity contribution in [2.75, 3.05) is 0 Å². The fourth-order valence-corrected chi connectivity index (χ4v) is 5.57. The molecule has 0 heterocycles. The lowest BCUT2D eigenvalue weighted by Gasteiger charge is -2.25. The molecule has 51 heavy (non-hydrogen) atoms. The summed E-state index contributed by atoms with van der Waals surface area (Å²) >= 11 is 0. The maximum absolute atomic E-state index is 9.94. The zero-order chi connectivity index (χ0) is 35.2. The zero-order valence-electron chi connectivity index (χ0n) is 27.1. The van der Waals surface area contributed by atoms with Crippen molar-refractivity contribution in [1.82, 2.24) is 0 Å². The van der Waals surface area contributed by atoms with Gasteiger partial charge in [-0.25, -0.2) is 0 Å². The molecule has 0 radical (unpaired) electrons. The Bertz CT molecular complexity index is 2070. The minimum Gasteiger partial charge on any atom is -0.508 e. The number of ether oxygens (including phenoxy) is 4. The molecule has 7 aromatic carbocycles. The zero-order valence-corrected chi connectivity index (χ0v) is 27.1. The van der Waals surface area contributed by atoms with Crippen LogP contribution >= 0.6 is 0 Å². The SMILES string of the molecule is Oc1ccc(Oc2ccc(C(c3ccccc3)c3ccc(Oc4ccc(O)cc4)cc3Oc3ccc(O)cc3)c(Oc3ccc(O)cc3)c2)cc1. The van der Waals surface area contributed by atoms with Crippen LogP contribution in [-0.4, -0.2) is 20.4 Å². The predicted octanol–water partition coefficient (Wildman–Crippen LogP) is 10.9. The second kappa shape index (κ2) is 14.6. The molecule has 7 rings (SSSR count). The third-order valence-electron chi connectivity index (χ3n) is 8.00. The molecule has 0 spiro atoms. The molecule has 7 aromatic rings. The van der Waals surface area contributed by atoms with E-state index in [1.54, 1.807) is 109 Å². The standard InChI is InChI=1S/C43H32O8/c44-29-6-14-33(15-7-29)48-37-22-24-39(41(26-37)50-35-18-10-31(46)11-19-35)43(28-4-2-1-3-5-28)40-25-23-38(49-34-16-8-30(45)9-17-34)27-42(40)51-36-20-12-32(47)13-21-36/h1-27,43-47H. The highest BCUT2D eigenvalue weighted by atomic mass is 16.5. The van der Waals surface area contributed by atoms with E-state index in [1.807, 2.05) is 54.6 Å². The predicted molar refractivity (Wildman–Crippen MR) is 193 cm³/mol. The summed E-state index contributed by atoms with van der Waals surface area (Å²) < 4.78 is 25.4. The highest BCUT2D eigenvalue weighted by Gasteiger charge is 2.26. The molecule has 0 aromatic heterocycles. The lowest BCUT2D eigenvalue weighted by Crippen LogP contribution is -2.07. The molecule has 0 aliphatic rings. The van der Waals surface area contributed by atoms with E-state index < -0.39 is 5.92 Å². The average molecular weight is 677 g/mol. The third kappa shape index (κ3) is 7.98. The van der Waals surface area contributed by atoms with Gasteiger partial charge in [-0.05, 0) is 115 Å².